The van der Waals surface area contributed by atoms with Gasteiger partial charge in [-0.2, -0.15) is 0 Å². The zero-order valence-corrected chi connectivity index (χ0v) is 18.1. The van der Waals surface area contributed by atoms with Crippen LogP contribution in [-0.2, 0) is 14.3 Å². The van der Waals surface area contributed by atoms with Gasteiger partial charge in [0, 0.05) is 51.1 Å². The molecule has 3 fully saturated rings. The first-order valence-corrected chi connectivity index (χ1v) is 11.6. The topological polar surface area (TPSA) is 61.9 Å². The standard InChI is InChI=1S/C24H35N3O3/c1-26(20-10-6-3-7-11-20)24(29)13-12-23(28)25-19-14-21-17-30-22(16-27(21)15-19)18-8-4-2-5-9-18/h2,4-5,8-9,19-22H,3,6-7,10-17H2,1H3,(H,25,28)/t19-,21-,22+/m0/s1. The van der Waals surface area contributed by atoms with Crippen LogP contribution in [0.15, 0.2) is 30.3 Å². The molecule has 1 aromatic carbocycles. The average Bonchev–Trinajstić information content (AvgIpc) is 3.19. The molecule has 3 atom stereocenters. The van der Waals surface area contributed by atoms with Gasteiger partial charge in [0.1, 0.15) is 0 Å². The Bertz CT molecular complexity index is 720. The number of carbonyl (C=O) groups is 2. The third-order valence-electron chi connectivity index (χ3n) is 7.04. The van der Waals surface area contributed by atoms with E-state index in [0.717, 1.165) is 32.4 Å². The molecule has 4 rings (SSSR count). The second-order valence-corrected chi connectivity index (χ2v) is 9.14. The minimum absolute atomic E-state index is 0.00855. The van der Waals surface area contributed by atoms with E-state index in [0.29, 0.717) is 25.1 Å². The predicted molar refractivity (Wildman–Crippen MR) is 116 cm³/mol. The van der Waals surface area contributed by atoms with E-state index in [1.807, 2.05) is 30.1 Å². The quantitative estimate of drug-likeness (QED) is 0.779. The lowest BCUT2D eigenvalue weighted by atomic mass is 9.94. The van der Waals surface area contributed by atoms with E-state index in [4.69, 9.17) is 4.74 Å². The molecule has 1 aromatic rings. The lowest BCUT2D eigenvalue weighted by Gasteiger charge is -2.35. The molecule has 2 aliphatic heterocycles. The maximum atomic E-state index is 12.5. The van der Waals surface area contributed by atoms with Gasteiger partial charge in [0.2, 0.25) is 11.8 Å². The second kappa shape index (κ2) is 9.92. The molecule has 1 aliphatic carbocycles. The van der Waals surface area contributed by atoms with Crippen LogP contribution in [0.2, 0.25) is 0 Å². The van der Waals surface area contributed by atoms with Crippen molar-refractivity contribution in [2.75, 3.05) is 26.7 Å². The molecule has 3 aliphatic rings. The van der Waals surface area contributed by atoms with Crippen molar-refractivity contribution in [2.45, 2.75) is 75.6 Å². The van der Waals surface area contributed by atoms with Gasteiger partial charge in [-0.05, 0) is 24.8 Å². The van der Waals surface area contributed by atoms with Crippen LogP contribution in [0, 0.1) is 0 Å². The molecule has 0 spiro atoms. The molecule has 2 heterocycles. The zero-order chi connectivity index (χ0) is 20.9. The third-order valence-corrected chi connectivity index (χ3v) is 7.04. The Hall–Kier alpha value is -1.92. The fourth-order valence-electron chi connectivity index (χ4n) is 5.22. The molecule has 2 amide bonds. The van der Waals surface area contributed by atoms with Crippen LogP contribution in [0.5, 0.6) is 0 Å². The van der Waals surface area contributed by atoms with Crippen LogP contribution >= 0.6 is 0 Å². The van der Waals surface area contributed by atoms with Gasteiger partial charge in [-0.15, -0.1) is 0 Å². The Morgan fingerprint density at radius 2 is 1.87 bits per heavy atom. The summed E-state index contributed by atoms with van der Waals surface area (Å²) in [6.07, 6.45) is 7.48. The summed E-state index contributed by atoms with van der Waals surface area (Å²) in [6.45, 7) is 2.43. The minimum Gasteiger partial charge on any atom is -0.371 e. The summed E-state index contributed by atoms with van der Waals surface area (Å²) in [7, 11) is 1.90. The maximum Gasteiger partial charge on any atom is 0.223 e. The summed E-state index contributed by atoms with van der Waals surface area (Å²) in [4.78, 5) is 29.3. The van der Waals surface area contributed by atoms with Gasteiger partial charge >= 0.3 is 0 Å². The van der Waals surface area contributed by atoms with Crippen LogP contribution in [-0.4, -0.2) is 66.5 Å². The van der Waals surface area contributed by atoms with Crippen molar-refractivity contribution in [3.63, 3.8) is 0 Å². The molecule has 1 N–H and O–H groups in total. The Morgan fingerprint density at radius 1 is 1.10 bits per heavy atom. The number of hydrogen-bond acceptors (Lipinski definition) is 4. The zero-order valence-electron chi connectivity index (χ0n) is 18.1. The lowest BCUT2D eigenvalue weighted by molar-refractivity contribution is -0.134. The van der Waals surface area contributed by atoms with Crippen molar-refractivity contribution in [3.05, 3.63) is 35.9 Å². The monoisotopic (exact) mass is 413 g/mol. The largest absolute Gasteiger partial charge is 0.371 e. The first-order valence-electron chi connectivity index (χ1n) is 11.6. The number of nitrogens with one attached hydrogen (secondary N) is 1. The van der Waals surface area contributed by atoms with E-state index in [1.165, 1.54) is 24.8 Å². The summed E-state index contributed by atoms with van der Waals surface area (Å²) < 4.78 is 6.09. The van der Waals surface area contributed by atoms with Gasteiger partial charge in [-0.1, -0.05) is 49.6 Å². The molecule has 0 bridgehead atoms. The molecule has 0 unspecified atom stereocenters. The number of amides is 2. The Kier molecular flexibility index (Phi) is 7.05. The summed E-state index contributed by atoms with van der Waals surface area (Å²) in [5.41, 5.74) is 1.21. The van der Waals surface area contributed by atoms with Crippen LogP contribution in [0.4, 0.5) is 0 Å². The number of morpholine rings is 1. The van der Waals surface area contributed by atoms with Gasteiger partial charge in [0.15, 0.2) is 0 Å². The summed E-state index contributed by atoms with van der Waals surface area (Å²) in [5.74, 6) is 0.0887. The number of nitrogens with zero attached hydrogens (tertiary/aromatic N) is 2. The highest BCUT2D eigenvalue weighted by Gasteiger charge is 2.38. The molecule has 0 aromatic heterocycles. The van der Waals surface area contributed by atoms with E-state index in [1.54, 1.807) is 0 Å². The molecular formula is C24H35N3O3. The van der Waals surface area contributed by atoms with Crippen molar-refractivity contribution < 1.29 is 14.3 Å². The smallest absolute Gasteiger partial charge is 0.223 e. The number of ether oxygens (including phenoxy) is 1. The summed E-state index contributed by atoms with van der Waals surface area (Å²) >= 11 is 0. The minimum atomic E-state index is -0.00855. The summed E-state index contributed by atoms with van der Waals surface area (Å²) in [6, 6.07) is 11.2. The molecule has 6 nitrogen and oxygen atoms in total. The lowest BCUT2D eigenvalue weighted by Crippen LogP contribution is -2.43. The molecule has 6 heteroatoms. The van der Waals surface area contributed by atoms with E-state index in [2.05, 4.69) is 22.3 Å². The fourth-order valence-corrected chi connectivity index (χ4v) is 5.22. The number of fused-ring (bicyclic) bond motifs is 1. The van der Waals surface area contributed by atoms with Gasteiger partial charge in [0.05, 0.1) is 12.7 Å². The molecule has 2 saturated heterocycles. The molecule has 164 valence electrons. The first-order chi connectivity index (χ1) is 14.6. The van der Waals surface area contributed by atoms with Crippen molar-refractivity contribution >= 4 is 11.8 Å². The predicted octanol–water partition coefficient (Wildman–Crippen LogP) is 2.89. The van der Waals surface area contributed by atoms with Crippen molar-refractivity contribution in [2.24, 2.45) is 0 Å². The highest BCUT2D eigenvalue weighted by molar-refractivity contribution is 5.84. The third kappa shape index (κ3) is 5.22. The Balaban J connectivity index is 1.20. The van der Waals surface area contributed by atoms with Gasteiger partial charge in [-0.3, -0.25) is 14.5 Å². The number of rotatable bonds is 6. The average molecular weight is 414 g/mol. The normalized spacial score (nSPS) is 27.4. The van der Waals surface area contributed by atoms with Gasteiger partial charge < -0.3 is 15.0 Å². The van der Waals surface area contributed by atoms with E-state index < -0.39 is 0 Å². The van der Waals surface area contributed by atoms with Crippen LogP contribution in [0.3, 0.4) is 0 Å². The highest BCUT2D eigenvalue weighted by Crippen LogP contribution is 2.30. The number of benzene rings is 1. The van der Waals surface area contributed by atoms with Crippen LogP contribution < -0.4 is 5.32 Å². The van der Waals surface area contributed by atoms with Gasteiger partial charge in [0.25, 0.3) is 0 Å². The van der Waals surface area contributed by atoms with Crippen LogP contribution in [0.25, 0.3) is 0 Å². The van der Waals surface area contributed by atoms with E-state index in [-0.39, 0.29) is 30.4 Å². The molecular weight excluding hydrogens is 378 g/mol. The second-order valence-electron chi connectivity index (χ2n) is 9.14. The number of hydrogen-bond donors (Lipinski definition) is 1. The first kappa shape index (κ1) is 21.3. The molecule has 1 saturated carbocycles. The molecule has 30 heavy (non-hydrogen) atoms. The SMILES string of the molecule is CN(C(=O)CCC(=O)N[C@H]1C[C@H]2CO[C@@H](c3ccccc3)CN2C1)C1CCCCC1. The van der Waals surface area contributed by atoms with E-state index >= 15 is 0 Å². The Morgan fingerprint density at radius 3 is 2.63 bits per heavy atom. The number of carbonyl (C=O) groups excluding carboxylic acids is 2. The van der Waals surface area contributed by atoms with Crippen LogP contribution in [0.1, 0.15) is 63.0 Å². The Labute approximate surface area is 179 Å². The van der Waals surface area contributed by atoms with Crippen molar-refractivity contribution in [3.8, 4) is 0 Å². The van der Waals surface area contributed by atoms with E-state index in [9.17, 15) is 9.59 Å². The maximum absolute atomic E-state index is 12.5. The molecule has 0 radical (unpaired) electrons. The highest BCUT2D eigenvalue weighted by atomic mass is 16.5. The van der Waals surface area contributed by atoms with Gasteiger partial charge in [-0.25, -0.2) is 0 Å². The van der Waals surface area contributed by atoms with Crippen molar-refractivity contribution in [1.82, 2.24) is 15.1 Å². The van der Waals surface area contributed by atoms with Crippen molar-refractivity contribution in [1.29, 1.82) is 0 Å². The summed E-state index contributed by atoms with van der Waals surface area (Å²) in [5, 5.41) is 3.16. The fraction of sp³-hybridized carbons (Fsp3) is 0.667.